The minimum atomic E-state index is -3.55. The maximum Gasteiger partial charge on any atom is 0.341 e. The minimum Gasteiger partial charge on any atom is -0.462 e. The Kier molecular flexibility index (Phi) is 5.15. The average molecular weight is 393 g/mol. The number of anilines is 1. The van der Waals surface area contributed by atoms with Crippen LogP contribution in [-0.2, 0) is 27.4 Å². The lowest BCUT2D eigenvalue weighted by molar-refractivity contribution is 0.0527. The number of benzene rings is 1. The van der Waals surface area contributed by atoms with E-state index in [0.29, 0.717) is 10.6 Å². The molecule has 0 atom stereocenters. The summed E-state index contributed by atoms with van der Waals surface area (Å²) in [6.45, 7) is 1.97. The molecule has 1 N–H and O–H groups in total. The molecule has 0 radical (unpaired) electrons. The van der Waals surface area contributed by atoms with E-state index in [1.54, 1.807) is 19.1 Å². The molecular weight excluding hydrogens is 374 g/mol. The smallest absolute Gasteiger partial charge is 0.341 e. The Morgan fingerprint density at radius 2 is 1.96 bits per heavy atom. The van der Waals surface area contributed by atoms with Crippen molar-refractivity contribution in [2.45, 2.75) is 31.1 Å². The van der Waals surface area contributed by atoms with Crippen molar-refractivity contribution in [3.63, 3.8) is 0 Å². The average Bonchev–Trinajstić information content (AvgIpc) is 3.14. The van der Waals surface area contributed by atoms with Gasteiger partial charge in [-0.15, -0.1) is 11.3 Å². The molecule has 1 aliphatic rings. The molecule has 0 saturated heterocycles. The highest BCUT2D eigenvalue weighted by atomic mass is 32.2. The summed E-state index contributed by atoms with van der Waals surface area (Å²) < 4.78 is 29.0. The van der Waals surface area contributed by atoms with Gasteiger partial charge < -0.3 is 10.1 Å². The fourth-order valence-electron chi connectivity index (χ4n) is 3.06. The number of fused-ring (bicyclic) bond motifs is 1. The number of hydrogen-bond donors (Lipinski definition) is 1. The Morgan fingerprint density at radius 3 is 2.65 bits per heavy atom. The molecule has 1 aliphatic carbocycles. The van der Waals surface area contributed by atoms with Crippen LogP contribution in [0.4, 0.5) is 5.00 Å². The third-order valence-electron chi connectivity index (χ3n) is 4.16. The zero-order valence-corrected chi connectivity index (χ0v) is 16.1. The summed E-state index contributed by atoms with van der Waals surface area (Å²) in [5, 5.41) is 3.14. The molecule has 26 heavy (non-hydrogen) atoms. The Balaban J connectivity index is 1.98. The van der Waals surface area contributed by atoms with Gasteiger partial charge in [0.15, 0.2) is 9.84 Å². The van der Waals surface area contributed by atoms with Gasteiger partial charge in [0, 0.05) is 11.1 Å². The summed E-state index contributed by atoms with van der Waals surface area (Å²) in [5.41, 5.74) is 1.38. The number of carbonyl (C=O) groups excluding carboxylic acids is 2. The van der Waals surface area contributed by atoms with Crippen LogP contribution in [0.15, 0.2) is 29.2 Å². The topological polar surface area (TPSA) is 89.5 Å². The van der Waals surface area contributed by atoms with E-state index in [-0.39, 0.29) is 17.1 Å². The van der Waals surface area contributed by atoms with Gasteiger partial charge in [0.1, 0.15) is 5.00 Å². The second-order valence-electron chi connectivity index (χ2n) is 6.00. The van der Waals surface area contributed by atoms with Gasteiger partial charge in [-0.1, -0.05) is 12.1 Å². The maximum absolute atomic E-state index is 12.7. The van der Waals surface area contributed by atoms with Crippen molar-refractivity contribution in [3.05, 3.63) is 45.8 Å². The molecule has 0 spiro atoms. The number of thiophene rings is 1. The van der Waals surface area contributed by atoms with Gasteiger partial charge in [0.05, 0.1) is 22.6 Å². The lowest BCUT2D eigenvalue weighted by Gasteiger charge is -2.10. The minimum absolute atomic E-state index is 0.0423. The number of sulfone groups is 1. The number of esters is 1. The molecule has 138 valence electrons. The monoisotopic (exact) mass is 393 g/mol. The summed E-state index contributed by atoms with van der Waals surface area (Å²) in [6.07, 6.45) is 3.67. The van der Waals surface area contributed by atoms with E-state index in [0.717, 1.165) is 36.0 Å². The molecular formula is C18H19NO5S2. The highest BCUT2D eigenvalue weighted by Crippen LogP contribution is 2.39. The van der Waals surface area contributed by atoms with E-state index in [1.165, 1.54) is 23.5 Å². The summed E-state index contributed by atoms with van der Waals surface area (Å²) in [6, 6.07) is 6.02. The fourth-order valence-corrected chi connectivity index (χ4v) is 5.22. The number of amides is 1. The predicted molar refractivity (Wildman–Crippen MR) is 99.8 cm³/mol. The third-order valence-corrected chi connectivity index (χ3v) is 6.52. The Hall–Kier alpha value is -2.19. The van der Waals surface area contributed by atoms with Gasteiger partial charge in [-0.25, -0.2) is 13.2 Å². The second kappa shape index (κ2) is 7.20. The van der Waals surface area contributed by atoms with E-state index in [9.17, 15) is 18.0 Å². The van der Waals surface area contributed by atoms with Crippen molar-refractivity contribution in [2.24, 2.45) is 0 Å². The highest BCUT2D eigenvalue weighted by molar-refractivity contribution is 7.90. The van der Waals surface area contributed by atoms with Crippen LogP contribution in [0.5, 0.6) is 0 Å². The van der Waals surface area contributed by atoms with Gasteiger partial charge in [-0.2, -0.15) is 0 Å². The molecule has 1 aromatic carbocycles. The van der Waals surface area contributed by atoms with Crippen LogP contribution in [0.1, 0.15) is 44.5 Å². The number of nitrogens with one attached hydrogen (secondary N) is 1. The lowest BCUT2D eigenvalue weighted by Crippen LogP contribution is -2.17. The standard InChI is InChI=1S/C18H19NO5S2/c1-3-24-18(21)15-11-8-6-9-13(11)25-17(15)19-16(20)12-7-4-5-10-14(12)26(2,22)23/h4-5,7,10H,3,6,8-9H2,1-2H3,(H,19,20). The van der Waals surface area contributed by atoms with Crippen molar-refractivity contribution in [2.75, 3.05) is 18.2 Å². The quantitative estimate of drug-likeness (QED) is 0.789. The molecule has 3 rings (SSSR count). The van der Waals surface area contributed by atoms with Crippen LogP contribution in [0.25, 0.3) is 0 Å². The van der Waals surface area contributed by atoms with Gasteiger partial charge in [-0.05, 0) is 43.9 Å². The maximum atomic E-state index is 12.7. The number of aryl methyl sites for hydroxylation is 1. The number of rotatable bonds is 5. The zero-order valence-electron chi connectivity index (χ0n) is 14.5. The fraction of sp³-hybridized carbons (Fsp3) is 0.333. The highest BCUT2D eigenvalue weighted by Gasteiger charge is 2.29. The zero-order chi connectivity index (χ0) is 18.9. The summed E-state index contributed by atoms with van der Waals surface area (Å²) in [5.74, 6) is -1.02. The largest absolute Gasteiger partial charge is 0.462 e. The number of ether oxygens (including phenoxy) is 1. The third kappa shape index (κ3) is 3.52. The van der Waals surface area contributed by atoms with E-state index >= 15 is 0 Å². The molecule has 0 fully saturated rings. The van der Waals surface area contributed by atoms with Gasteiger partial charge in [0.25, 0.3) is 5.91 Å². The van der Waals surface area contributed by atoms with Crippen LogP contribution >= 0.6 is 11.3 Å². The summed E-state index contributed by atoms with van der Waals surface area (Å²) in [7, 11) is -3.55. The van der Waals surface area contributed by atoms with Gasteiger partial charge >= 0.3 is 5.97 Å². The van der Waals surface area contributed by atoms with Crippen LogP contribution in [-0.4, -0.2) is 33.2 Å². The lowest BCUT2D eigenvalue weighted by atomic mass is 10.1. The molecule has 8 heteroatoms. The Bertz CT molecular complexity index is 975. The molecule has 0 saturated carbocycles. The SMILES string of the molecule is CCOC(=O)c1c(NC(=O)c2ccccc2S(C)(=O)=O)sc2c1CCC2. The molecule has 1 heterocycles. The number of hydrogen-bond acceptors (Lipinski definition) is 6. The summed E-state index contributed by atoms with van der Waals surface area (Å²) in [4.78, 5) is 26.1. The van der Waals surface area contributed by atoms with Crippen molar-refractivity contribution < 1.29 is 22.7 Å². The predicted octanol–water partition coefficient (Wildman–Crippen LogP) is 3.07. The first kappa shape index (κ1) is 18.6. The molecule has 0 bridgehead atoms. The van der Waals surface area contributed by atoms with Crippen LogP contribution in [0.3, 0.4) is 0 Å². The number of carbonyl (C=O) groups is 2. The van der Waals surface area contributed by atoms with Crippen LogP contribution < -0.4 is 5.32 Å². The molecule has 1 aromatic heterocycles. The van der Waals surface area contributed by atoms with E-state index in [2.05, 4.69) is 5.32 Å². The second-order valence-corrected chi connectivity index (χ2v) is 9.09. The summed E-state index contributed by atoms with van der Waals surface area (Å²) >= 11 is 1.36. The molecule has 2 aromatic rings. The molecule has 1 amide bonds. The first-order valence-corrected chi connectivity index (χ1v) is 11.0. The van der Waals surface area contributed by atoms with E-state index in [4.69, 9.17) is 4.74 Å². The first-order valence-electron chi connectivity index (χ1n) is 8.25. The molecule has 6 nitrogen and oxygen atoms in total. The van der Waals surface area contributed by atoms with Crippen molar-refractivity contribution in [3.8, 4) is 0 Å². The van der Waals surface area contributed by atoms with E-state index < -0.39 is 21.7 Å². The first-order chi connectivity index (χ1) is 12.3. The van der Waals surface area contributed by atoms with Gasteiger partial charge in [0.2, 0.25) is 0 Å². The Labute approximate surface area is 156 Å². The van der Waals surface area contributed by atoms with Crippen LogP contribution in [0, 0.1) is 0 Å². The normalized spacial score (nSPS) is 13.3. The Morgan fingerprint density at radius 1 is 1.23 bits per heavy atom. The molecule has 0 aliphatic heterocycles. The molecule has 0 unspecified atom stereocenters. The van der Waals surface area contributed by atoms with Gasteiger partial charge in [-0.3, -0.25) is 4.79 Å². The van der Waals surface area contributed by atoms with Crippen LogP contribution in [0.2, 0.25) is 0 Å². The van der Waals surface area contributed by atoms with Crippen molar-refractivity contribution >= 4 is 38.1 Å². The van der Waals surface area contributed by atoms with Crippen molar-refractivity contribution in [1.29, 1.82) is 0 Å². The van der Waals surface area contributed by atoms with Crippen molar-refractivity contribution in [1.82, 2.24) is 0 Å². The van der Waals surface area contributed by atoms with E-state index in [1.807, 2.05) is 0 Å².